The van der Waals surface area contributed by atoms with E-state index < -0.39 is 0 Å². The second-order valence-electron chi connectivity index (χ2n) is 8.59. The van der Waals surface area contributed by atoms with Crippen LogP contribution >= 0.6 is 11.8 Å². The molecule has 0 aromatic heterocycles. The number of likely N-dealkylation sites (tertiary alicyclic amines) is 2. The number of thioether (sulfide) groups is 1. The van der Waals surface area contributed by atoms with Crippen LogP contribution in [0, 0.1) is 5.41 Å². The molecule has 2 aliphatic rings. The standard InChI is InChI=1S/C25H43N5S/c1-5-22(6-2)28-25(31-19-14-24(26)21(4)20-27-7-3)30-17-12-23(13-18-30)29-15-10-8-9-11-16-29/h5,7,20,22-23,26H,1,6,8-19H2,2-4H3/b21-20+,26-24?,27-7?,28-25?. The maximum absolute atomic E-state index is 8.30. The number of allylic oxidation sites excluding steroid dienone is 1. The molecule has 0 aromatic rings. The fraction of sp³-hybridized carbons (Fsp3) is 0.720. The van der Waals surface area contributed by atoms with E-state index in [4.69, 9.17) is 10.4 Å². The van der Waals surface area contributed by atoms with Crippen molar-refractivity contribution in [3.8, 4) is 0 Å². The highest BCUT2D eigenvalue weighted by Gasteiger charge is 2.27. The molecule has 1 unspecified atom stereocenters. The molecule has 6 heteroatoms. The van der Waals surface area contributed by atoms with Crippen molar-refractivity contribution >= 4 is 28.9 Å². The van der Waals surface area contributed by atoms with Crippen LogP contribution in [-0.4, -0.2) is 70.9 Å². The van der Waals surface area contributed by atoms with Gasteiger partial charge in [-0.25, -0.2) is 0 Å². The van der Waals surface area contributed by atoms with Crippen LogP contribution in [0.2, 0.25) is 0 Å². The van der Waals surface area contributed by atoms with Gasteiger partial charge < -0.3 is 15.2 Å². The predicted octanol–water partition coefficient (Wildman–Crippen LogP) is 5.78. The van der Waals surface area contributed by atoms with Gasteiger partial charge in [0.1, 0.15) is 0 Å². The van der Waals surface area contributed by atoms with E-state index in [2.05, 4.69) is 28.3 Å². The maximum atomic E-state index is 8.30. The minimum atomic E-state index is 0.172. The van der Waals surface area contributed by atoms with Gasteiger partial charge in [-0.15, -0.1) is 6.58 Å². The summed E-state index contributed by atoms with van der Waals surface area (Å²) in [5.41, 5.74) is 1.60. The van der Waals surface area contributed by atoms with E-state index in [1.807, 2.05) is 19.9 Å². The fourth-order valence-corrected chi connectivity index (χ4v) is 5.31. The molecule has 2 fully saturated rings. The topological polar surface area (TPSA) is 55.1 Å². The summed E-state index contributed by atoms with van der Waals surface area (Å²) in [5, 5.41) is 9.44. The van der Waals surface area contributed by atoms with Crippen molar-refractivity contribution in [2.75, 3.05) is 31.9 Å². The first kappa shape index (κ1) is 25.9. The van der Waals surface area contributed by atoms with Gasteiger partial charge in [0.15, 0.2) is 5.17 Å². The van der Waals surface area contributed by atoms with Gasteiger partial charge in [-0.3, -0.25) is 9.98 Å². The highest BCUT2D eigenvalue weighted by Crippen LogP contribution is 2.24. The van der Waals surface area contributed by atoms with Crippen LogP contribution in [0.25, 0.3) is 0 Å². The average Bonchev–Trinajstić information content (AvgIpc) is 3.09. The lowest BCUT2D eigenvalue weighted by Crippen LogP contribution is -2.46. The molecular weight excluding hydrogens is 402 g/mol. The minimum Gasteiger partial charge on any atom is -0.351 e. The number of nitrogens with one attached hydrogen (secondary N) is 1. The van der Waals surface area contributed by atoms with Crippen LogP contribution < -0.4 is 0 Å². The van der Waals surface area contributed by atoms with Gasteiger partial charge in [0.05, 0.1) is 6.04 Å². The zero-order chi connectivity index (χ0) is 22.5. The molecule has 0 saturated carbocycles. The first-order valence-corrected chi connectivity index (χ1v) is 13.1. The van der Waals surface area contributed by atoms with Gasteiger partial charge in [-0.05, 0) is 71.0 Å². The largest absolute Gasteiger partial charge is 0.351 e. The van der Waals surface area contributed by atoms with Crippen LogP contribution in [0.1, 0.15) is 72.1 Å². The van der Waals surface area contributed by atoms with E-state index in [0.29, 0.717) is 5.71 Å². The number of hydrogen-bond donors (Lipinski definition) is 1. The number of hydrogen-bond acceptors (Lipinski definition) is 5. The molecule has 2 saturated heterocycles. The van der Waals surface area contributed by atoms with Gasteiger partial charge in [-0.1, -0.05) is 37.6 Å². The van der Waals surface area contributed by atoms with E-state index in [0.717, 1.165) is 48.5 Å². The number of aliphatic imine (C=N–C) groups is 2. The Morgan fingerprint density at radius 3 is 2.42 bits per heavy atom. The molecule has 174 valence electrons. The number of amidine groups is 1. The summed E-state index contributed by atoms with van der Waals surface area (Å²) >= 11 is 1.80. The Balaban J connectivity index is 1.94. The molecule has 5 nitrogen and oxygen atoms in total. The monoisotopic (exact) mass is 445 g/mol. The second kappa shape index (κ2) is 14.6. The summed E-state index contributed by atoms with van der Waals surface area (Å²) in [4.78, 5) is 14.4. The van der Waals surface area contributed by atoms with Crippen molar-refractivity contribution in [2.24, 2.45) is 9.98 Å². The molecule has 0 spiro atoms. The van der Waals surface area contributed by atoms with Crippen LogP contribution in [0.3, 0.4) is 0 Å². The normalized spacial score (nSPS) is 21.3. The summed E-state index contributed by atoms with van der Waals surface area (Å²) < 4.78 is 0. The van der Waals surface area contributed by atoms with Crippen molar-refractivity contribution in [1.29, 1.82) is 5.41 Å². The van der Waals surface area contributed by atoms with Gasteiger partial charge >= 0.3 is 0 Å². The van der Waals surface area contributed by atoms with Crippen molar-refractivity contribution in [2.45, 2.75) is 84.2 Å². The molecule has 2 aliphatic heterocycles. The molecule has 31 heavy (non-hydrogen) atoms. The van der Waals surface area contributed by atoms with Crippen molar-refractivity contribution in [1.82, 2.24) is 9.80 Å². The summed E-state index contributed by atoms with van der Waals surface area (Å²) in [6.07, 6.45) is 15.2. The molecule has 0 amide bonds. The SMILES string of the molecule is C=CC(CC)N=C(SCCC(=N)/C(C)=C/N=CC)N1CCC(N2CCCCCC2)CC1. The minimum absolute atomic E-state index is 0.172. The molecule has 0 aliphatic carbocycles. The summed E-state index contributed by atoms with van der Waals surface area (Å²) in [6.45, 7) is 14.7. The van der Waals surface area contributed by atoms with Gasteiger partial charge in [0.25, 0.3) is 0 Å². The van der Waals surface area contributed by atoms with E-state index in [1.54, 1.807) is 24.2 Å². The number of nitrogens with zero attached hydrogens (tertiary/aromatic N) is 4. The van der Waals surface area contributed by atoms with Crippen LogP contribution in [0.4, 0.5) is 0 Å². The maximum Gasteiger partial charge on any atom is 0.159 e. The molecule has 1 atom stereocenters. The molecule has 0 aromatic carbocycles. The van der Waals surface area contributed by atoms with E-state index >= 15 is 0 Å². The molecular formula is C25H43N5S. The summed E-state index contributed by atoms with van der Waals surface area (Å²) in [7, 11) is 0. The second-order valence-corrected chi connectivity index (χ2v) is 9.65. The van der Waals surface area contributed by atoms with E-state index in [-0.39, 0.29) is 6.04 Å². The molecule has 0 bridgehead atoms. The first-order valence-electron chi connectivity index (χ1n) is 12.1. The number of rotatable bonds is 9. The third kappa shape index (κ3) is 8.93. The lowest BCUT2D eigenvalue weighted by Gasteiger charge is -2.39. The Labute approximate surface area is 194 Å². The Morgan fingerprint density at radius 2 is 1.84 bits per heavy atom. The zero-order valence-corrected chi connectivity index (χ0v) is 20.8. The quantitative estimate of drug-likeness (QED) is 0.278. The molecule has 1 N–H and O–H groups in total. The van der Waals surface area contributed by atoms with Crippen LogP contribution in [0.15, 0.2) is 34.4 Å². The van der Waals surface area contributed by atoms with Crippen molar-refractivity contribution < 1.29 is 0 Å². The summed E-state index contributed by atoms with van der Waals surface area (Å²) in [5.74, 6) is 0.873. The molecule has 2 rings (SSSR count). The summed E-state index contributed by atoms with van der Waals surface area (Å²) in [6, 6.07) is 0.910. The average molecular weight is 446 g/mol. The number of piperidine rings is 1. The highest BCUT2D eigenvalue weighted by atomic mass is 32.2. The van der Waals surface area contributed by atoms with Gasteiger partial charge in [-0.2, -0.15) is 0 Å². The van der Waals surface area contributed by atoms with Crippen molar-refractivity contribution in [3.05, 3.63) is 24.4 Å². The van der Waals surface area contributed by atoms with E-state index in [9.17, 15) is 0 Å². The predicted molar refractivity (Wildman–Crippen MR) is 139 cm³/mol. The fourth-order valence-electron chi connectivity index (χ4n) is 4.25. The van der Waals surface area contributed by atoms with Crippen LogP contribution in [0.5, 0.6) is 0 Å². The molecule has 2 heterocycles. The Kier molecular flexibility index (Phi) is 12.2. The Morgan fingerprint density at radius 1 is 1.16 bits per heavy atom. The van der Waals surface area contributed by atoms with Gasteiger partial charge in [0, 0.05) is 43.0 Å². The van der Waals surface area contributed by atoms with Crippen LogP contribution in [-0.2, 0) is 0 Å². The van der Waals surface area contributed by atoms with Gasteiger partial charge in [0.2, 0.25) is 0 Å². The first-order chi connectivity index (χ1) is 15.1. The Bertz CT molecular complexity index is 638. The lowest BCUT2D eigenvalue weighted by atomic mass is 10.0. The van der Waals surface area contributed by atoms with Crippen molar-refractivity contribution in [3.63, 3.8) is 0 Å². The van der Waals surface area contributed by atoms with E-state index in [1.165, 1.54) is 51.6 Å². The zero-order valence-electron chi connectivity index (χ0n) is 20.0. The third-order valence-corrected chi connectivity index (χ3v) is 7.37. The smallest absolute Gasteiger partial charge is 0.159 e. The Hall–Kier alpha value is -1.40. The highest BCUT2D eigenvalue weighted by molar-refractivity contribution is 8.13. The third-order valence-electron chi connectivity index (χ3n) is 6.34. The molecule has 0 radical (unpaired) electrons. The lowest BCUT2D eigenvalue weighted by molar-refractivity contribution is 0.141.